The molecule has 0 aliphatic heterocycles. The number of amides is 2. The molecule has 2 unspecified atom stereocenters. The van der Waals surface area contributed by atoms with E-state index >= 15 is 0 Å². The first-order valence-corrected chi connectivity index (χ1v) is 11.6. The van der Waals surface area contributed by atoms with Gasteiger partial charge in [0.2, 0.25) is 5.91 Å². The molecule has 0 bridgehead atoms. The lowest BCUT2D eigenvalue weighted by atomic mass is 10.0. The first-order valence-electron chi connectivity index (χ1n) is 10.9. The van der Waals surface area contributed by atoms with Gasteiger partial charge in [-0.1, -0.05) is 68.2 Å². The minimum atomic E-state index is -0.685. The number of nitrogens with zero attached hydrogens (tertiary/aromatic N) is 1. The van der Waals surface area contributed by atoms with Gasteiger partial charge in [-0.25, -0.2) is 0 Å². The standard InChI is InChI=1S/C25H32Cl2N2O3/c1-6-17(4)28-25(31)18(5)29(14-19-11-12-21(26)22(27)13-19)24(30)15-32-23-10-8-7-9-20(23)16(2)3/h7-13,16-18H,6,14-15H2,1-5H3,(H,28,31). The van der Waals surface area contributed by atoms with Crippen LogP contribution in [-0.4, -0.2) is 35.4 Å². The van der Waals surface area contributed by atoms with E-state index in [9.17, 15) is 9.59 Å². The lowest BCUT2D eigenvalue weighted by molar-refractivity contribution is -0.142. The highest BCUT2D eigenvalue weighted by molar-refractivity contribution is 6.42. The number of hydrogen-bond donors (Lipinski definition) is 1. The molecule has 2 aromatic carbocycles. The number of nitrogens with one attached hydrogen (secondary N) is 1. The topological polar surface area (TPSA) is 58.6 Å². The Morgan fingerprint density at radius 1 is 1.03 bits per heavy atom. The third-order valence-corrected chi connectivity index (χ3v) is 6.14. The van der Waals surface area contributed by atoms with Crippen molar-refractivity contribution in [3.63, 3.8) is 0 Å². The molecule has 0 saturated heterocycles. The molecular weight excluding hydrogens is 447 g/mol. The number of carbonyl (C=O) groups is 2. The van der Waals surface area contributed by atoms with E-state index in [0.717, 1.165) is 17.5 Å². The molecule has 0 heterocycles. The van der Waals surface area contributed by atoms with E-state index in [2.05, 4.69) is 19.2 Å². The number of rotatable bonds is 10. The number of benzene rings is 2. The molecule has 0 aliphatic carbocycles. The lowest BCUT2D eigenvalue weighted by Crippen LogP contribution is -2.50. The van der Waals surface area contributed by atoms with E-state index < -0.39 is 6.04 Å². The van der Waals surface area contributed by atoms with Crippen molar-refractivity contribution < 1.29 is 14.3 Å². The fourth-order valence-electron chi connectivity index (χ4n) is 3.19. The van der Waals surface area contributed by atoms with Crippen molar-refractivity contribution in [2.75, 3.05) is 6.61 Å². The van der Waals surface area contributed by atoms with Crippen LogP contribution in [0.25, 0.3) is 0 Å². The number of ether oxygens (including phenoxy) is 1. The van der Waals surface area contributed by atoms with Crippen LogP contribution in [0.2, 0.25) is 10.0 Å². The molecule has 5 nitrogen and oxygen atoms in total. The number of halogens is 2. The van der Waals surface area contributed by atoms with Gasteiger partial charge in [-0.05, 0) is 55.5 Å². The third-order valence-electron chi connectivity index (χ3n) is 5.40. The van der Waals surface area contributed by atoms with Gasteiger partial charge in [-0.15, -0.1) is 0 Å². The minimum Gasteiger partial charge on any atom is -0.483 e. The second-order valence-electron chi connectivity index (χ2n) is 8.25. The second kappa shape index (κ2) is 12.1. The van der Waals surface area contributed by atoms with E-state index in [0.29, 0.717) is 15.8 Å². The van der Waals surface area contributed by atoms with Crippen LogP contribution >= 0.6 is 23.2 Å². The van der Waals surface area contributed by atoms with Crippen molar-refractivity contribution in [1.29, 1.82) is 0 Å². The van der Waals surface area contributed by atoms with Crippen molar-refractivity contribution in [3.05, 3.63) is 63.6 Å². The van der Waals surface area contributed by atoms with Gasteiger partial charge in [-0.3, -0.25) is 9.59 Å². The molecular formula is C25H32Cl2N2O3. The maximum absolute atomic E-state index is 13.2. The molecule has 2 atom stereocenters. The van der Waals surface area contributed by atoms with Crippen LogP contribution in [0.15, 0.2) is 42.5 Å². The van der Waals surface area contributed by atoms with Crippen LogP contribution in [0.1, 0.15) is 58.1 Å². The maximum atomic E-state index is 13.2. The average molecular weight is 479 g/mol. The molecule has 32 heavy (non-hydrogen) atoms. The monoisotopic (exact) mass is 478 g/mol. The van der Waals surface area contributed by atoms with Crippen LogP contribution in [0, 0.1) is 0 Å². The molecule has 174 valence electrons. The summed E-state index contributed by atoms with van der Waals surface area (Å²) < 4.78 is 5.88. The van der Waals surface area contributed by atoms with Crippen LogP contribution in [0.4, 0.5) is 0 Å². The third kappa shape index (κ3) is 7.14. The van der Waals surface area contributed by atoms with Crippen molar-refractivity contribution in [2.45, 2.75) is 65.6 Å². The largest absolute Gasteiger partial charge is 0.483 e. The van der Waals surface area contributed by atoms with E-state index in [4.69, 9.17) is 27.9 Å². The van der Waals surface area contributed by atoms with Crippen LogP contribution in [0.5, 0.6) is 5.75 Å². The van der Waals surface area contributed by atoms with Gasteiger partial charge in [0.15, 0.2) is 6.61 Å². The molecule has 0 aromatic heterocycles. The molecule has 2 amide bonds. The molecule has 0 saturated carbocycles. The first-order chi connectivity index (χ1) is 15.1. The zero-order chi connectivity index (χ0) is 23.8. The van der Waals surface area contributed by atoms with E-state index in [1.54, 1.807) is 25.1 Å². The summed E-state index contributed by atoms with van der Waals surface area (Å²) in [5, 5.41) is 3.78. The SMILES string of the molecule is CCC(C)NC(=O)C(C)N(Cc1ccc(Cl)c(Cl)c1)C(=O)COc1ccccc1C(C)C. The Hall–Kier alpha value is -2.24. The molecule has 0 aliphatic rings. The number of hydrogen-bond acceptors (Lipinski definition) is 3. The van der Waals surface area contributed by atoms with Crippen molar-refractivity contribution >= 4 is 35.0 Å². The van der Waals surface area contributed by atoms with Gasteiger partial charge in [0.25, 0.3) is 5.91 Å². The fraction of sp³-hybridized carbons (Fsp3) is 0.440. The molecule has 7 heteroatoms. The fourth-order valence-corrected chi connectivity index (χ4v) is 3.51. The highest BCUT2D eigenvalue weighted by Crippen LogP contribution is 2.26. The van der Waals surface area contributed by atoms with Gasteiger partial charge < -0.3 is 15.0 Å². The molecule has 0 spiro atoms. The predicted molar refractivity (Wildman–Crippen MR) is 130 cm³/mol. The summed E-state index contributed by atoms with van der Waals surface area (Å²) >= 11 is 12.2. The lowest BCUT2D eigenvalue weighted by Gasteiger charge is -2.30. The second-order valence-corrected chi connectivity index (χ2v) is 9.06. The molecule has 0 fully saturated rings. The summed E-state index contributed by atoms with van der Waals surface area (Å²) in [6.07, 6.45) is 0.800. The van der Waals surface area contributed by atoms with Gasteiger partial charge >= 0.3 is 0 Å². The van der Waals surface area contributed by atoms with Gasteiger partial charge in [0.1, 0.15) is 11.8 Å². The van der Waals surface area contributed by atoms with E-state index in [-0.39, 0.29) is 36.9 Å². The summed E-state index contributed by atoms with van der Waals surface area (Å²) in [5.41, 5.74) is 1.80. The van der Waals surface area contributed by atoms with Crippen LogP contribution < -0.4 is 10.1 Å². The summed E-state index contributed by atoms with van der Waals surface area (Å²) in [6.45, 7) is 9.82. The van der Waals surface area contributed by atoms with E-state index in [1.807, 2.05) is 38.1 Å². The van der Waals surface area contributed by atoms with Crippen molar-refractivity contribution in [1.82, 2.24) is 10.2 Å². The highest BCUT2D eigenvalue weighted by atomic mass is 35.5. The average Bonchev–Trinajstić information content (AvgIpc) is 2.77. The number of carbonyl (C=O) groups excluding carboxylic acids is 2. The minimum absolute atomic E-state index is 0.0149. The molecule has 2 rings (SSSR count). The van der Waals surface area contributed by atoms with Crippen LogP contribution in [0.3, 0.4) is 0 Å². The first kappa shape index (κ1) is 26.0. The zero-order valence-corrected chi connectivity index (χ0v) is 20.8. The summed E-state index contributed by atoms with van der Waals surface area (Å²) in [6, 6.07) is 12.2. The Morgan fingerprint density at radius 2 is 1.72 bits per heavy atom. The Labute approximate surface area is 201 Å². The van der Waals surface area contributed by atoms with Crippen LogP contribution in [-0.2, 0) is 16.1 Å². The summed E-state index contributed by atoms with van der Waals surface area (Å²) in [5.74, 6) is 0.424. The van der Waals surface area contributed by atoms with Gasteiger partial charge in [-0.2, -0.15) is 0 Å². The van der Waals surface area contributed by atoms with E-state index in [1.165, 1.54) is 4.90 Å². The number of para-hydroxylation sites is 1. The smallest absolute Gasteiger partial charge is 0.261 e. The normalized spacial score (nSPS) is 12.9. The Kier molecular flexibility index (Phi) is 9.85. The Bertz CT molecular complexity index is 933. The quantitative estimate of drug-likeness (QED) is 0.467. The summed E-state index contributed by atoms with van der Waals surface area (Å²) in [7, 11) is 0. The Balaban J connectivity index is 2.23. The zero-order valence-electron chi connectivity index (χ0n) is 19.3. The van der Waals surface area contributed by atoms with Crippen molar-refractivity contribution in [2.24, 2.45) is 0 Å². The van der Waals surface area contributed by atoms with Gasteiger partial charge in [0, 0.05) is 12.6 Å². The summed E-state index contributed by atoms with van der Waals surface area (Å²) in [4.78, 5) is 27.5. The maximum Gasteiger partial charge on any atom is 0.261 e. The Morgan fingerprint density at radius 3 is 2.34 bits per heavy atom. The van der Waals surface area contributed by atoms with Gasteiger partial charge in [0.05, 0.1) is 10.0 Å². The predicted octanol–water partition coefficient (Wildman–Crippen LogP) is 5.83. The molecule has 1 N–H and O–H groups in total. The molecule has 2 aromatic rings. The highest BCUT2D eigenvalue weighted by Gasteiger charge is 2.27. The molecule has 0 radical (unpaired) electrons. The van der Waals surface area contributed by atoms with Crippen molar-refractivity contribution in [3.8, 4) is 5.75 Å².